The fraction of sp³-hybridized carbons (Fsp3) is 0.571. The molecule has 0 aliphatic heterocycles. The third-order valence-corrected chi connectivity index (χ3v) is 4.82. The molecule has 1 atom stereocenters. The van der Waals surface area contributed by atoms with Crippen LogP contribution in [0.25, 0.3) is 0 Å². The SMILES string of the molecule is CCC(COc1ccc2c(c1)CCC2)CS(=O)(=O)Cl. The molecule has 0 bridgehead atoms. The average Bonchev–Trinajstić information content (AvgIpc) is 2.80. The van der Waals surface area contributed by atoms with E-state index in [-0.39, 0.29) is 11.7 Å². The van der Waals surface area contributed by atoms with Crippen molar-refractivity contribution >= 4 is 19.7 Å². The molecular weight excluding hydrogens is 284 g/mol. The summed E-state index contributed by atoms with van der Waals surface area (Å²) in [5.41, 5.74) is 2.76. The first-order valence-corrected chi connectivity index (χ1v) is 9.12. The molecule has 0 spiro atoms. The van der Waals surface area contributed by atoms with Crippen LogP contribution in [0.15, 0.2) is 18.2 Å². The molecule has 0 fully saturated rings. The predicted octanol–water partition coefficient (Wildman–Crippen LogP) is 3.15. The Balaban J connectivity index is 1.94. The second-order valence-corrected chi connectivity index (χ2v) is 7.90. The lowest BCUT2D eigenvalue weighted by Crippen LogP contribution is -2.19. The van der Waals surface area contributed by atoms with Gasteiger partial charge in [0.15, 0.2) is 0 Å². The molecule has 106 valence electrons. The summed E-state index contributed by atoms with van der Waals surface area (Å²) in [6.45, 7) is 2.33. The standard InChI is InChI=1S/C14H19ClO3S/c1-2-11(10-19(15,16)17)9-18-14-7-6-12-4-3-5-13(12)8-14/h6-8,11H,2-5,9-10H2,1H3. The predicted molar refractivity (Wildman–Crippen MR) is 77.4 cm³/mol. The van der Waals surface area contributed by atoms with Crippen molar-refractivity contribution in [3.8, 4) is 5.75 Å². The van der Waals surface area contributed by atoms with Crippen LogP contribution in [0.1, 0.15) is 30.9 Å². The van der Waals surface area contributed by atoms with Crippen molar-refractivity contribution in [2.45, 2.75) is 32.6 Å². The molecule has 0 N–H and O–H groups in total. The van der Waals surface area contributed by atoms with Crippen LogP contribution in [0.2, 0.25) is 0 Å². The van der Waals surface area contributed by atoms with Crippen LogP contribution in [-0.4, -0.2) is 20.8 Å². The maximum absolute atomic E-state index is 11.1. The fourth-order valence-corrected chi connectivity index (χ4v) is 3.85. The second-order valence-electron chi connectivity index (χ2n) is 5.07. The highest BCUT2D eigenvalue weighted by atomic mass is 35.7. The Morgan fingerprint density at radius 3 is 2.74 bits per heavy atom. The van der Waals surface area contributed by atoms with E-state index in [1.807, 2.05) is 13.0 Å². The molecule has 19 heavy (non-hydrogen) atoms. The zero-order valence-electron chi connectivity index (χ0n) is 11.1. The molecule has 1 aliphatic carbocycles. The monoisotopic (exact) mass is 302 g/mol. The summed E-state index contributed by atoms with van der Waals surface area (Å²) in [6, 6.07) is 6.15. The summed E-state index contributed by atoms with van der Waals surface area (Å²) < 4.78 is 27.9. The summed E-state index contributed by atoms with van der Waals surface area (Å²) in [6.07, 6.45) is 4.20. The van der Waals surface area contributed by atoms with Gasteiger partial charge in [-0.25, -0.2) is 8.42 Å². The molecule has 1 aromatic carbocycles. The van der Waals surface area contributed by atoms with Crippen LogP contribution in [0.4, 0.5) is 0 Å². The van der Waals surface area contributed by atoms with E-state index in [0.29, 0.717) is 6.61 Å². The summed E-state index contributed by atoms with van der Waals surface area (Å²) in [7, 11) is 1.82. The molecule has 5 heteroatoms. The first-order chi connectivity index (χ1) is 8.98. The topological polar surface area (TPSA) is 43.4 Å². The number of benzene rings is 1. The van der Waals surface area contributed by atoms with E-state index >= 15 is 0 Å². The van der Waals surface area contributed by atoms with Crippen molar-refractivity contribution in [2.75, 3.05) is 12.4 Å². The largest absolute Gasteiger partial charge is 0.493 e. The normalized spacial score (nSPS) is 16.1. The Morgan fingerprint density at radius 2 is 2.05 bits per heavy atom. The molecule has 0 amide bonds. The highest BCUT2D eigenvalue weighted by molar-refractivity contribution is 8.13. The van der Waals surface area contributed by atoms with Crippen molar-refractivity contribution < 1.29 is 13.2 Å². The minimum atomic E-state index is -3.46. The summed E-state index contributed by atoms with van der Waals surface area (Å²) in [4.78, 5) is 0. The van der Waals surface area contributed by atoms with Crippen LogP contribution in [0.3, 0.4) is 0 Å². The maximum Gasteiger partial charge on any atom is 0.232 e. The van der Waals surface area contributed by atoms with Crippen molar-refractivity contribution in [2.24, 2.45) is 5.92 Å². The lowest BCUT2D eigenvalue weighted by Gasteiger charge is -2.15. The molecule has 3 nitrogen and oxygen atoms in total. The fourth-order valence-electron chi connectivity index (χ4n) is 2.42. The lowest BCUT2D eigenvalue weighted by molar-refractivity contribution is 0.258. The smallest absolute Gasteiger partial charge is 0.232 e. The average molecular weight is 303 g/mol. The van der Waals surface area contributed by atoms with E-state index in [0.717, 1.165) is 25.0 Å². The van der Waals surface area contributed by atoms with Gasteiger partial charge in [0.25, 0.3) is 0 Å². The van der Waals surface area contributed by atoms with E-state index in [1.54, 1.807) is 0 Å². The van der Waals surface area contributed by atoms with Gasteiger partial charge in [0.05, 0.1) is 12.4 Å². The Hall–Kier alpha value is -0.740. The van der Waals surface area contributed by atoms with Crippen molar-refractivity contribution in [1.82, 2.24) is 0 Å². The second kappa shape index (κ2) is 6.14. The molecule has 2 rings (SSSR count). The number of rotatable bonds is 6. The molecule has 1 aliphatic rings. The van der Waals surface area contributed by atoms with E-state index < -0.39 is 9.05 Å². The highest BCUT2D eigenvalue weighted by Gasteiger charge is 2.17. The summed E-state index contributed by atoms with van der Waals surface area (Å²) >= 11 is 0. The first-order valence-electron chi connectivity index (χ1n) is 6.65. The van der Waals surface area contributed by atoms with Crippen LogP contribution < -0.4 is 4.74 Å². The maximum atomic E-state index is 11.1. The third kappa shape index (κ3) is 4.39. The van der Waals surface area contributed by atoms with Crippen LogP contribution in [-0.2, 0) is 21.9 Å². The molecule has 0 saturated carbocycles. The number of hydrogen-bond donors (Lipinski definition) is 0. The zero-order valence-corrected chi connectivity index (χ0v) is 12.6. The molecule has 1 unspecified atom stereocenters. The number of fused-ring (bicyclic) bond motifs is 1. The Labute approximate surface area is 119 Å². The van der Waals surface area contributed by atoms with Gasteiger partial charge in [-0.2, -0.15) is 0 Å². The van der Waals surface area contributed by atoms with Crippen molar-refractivity contribution in [3.63, 3.8) is 0 Å². The van der Waals surface area contributed by atoms with Gasteiger partial charge in [-0.1, -0.05) is 13.0 Å². The number of halogens is 1. The minimum absolute atomic E-state index is 0.0317. The van der Waals surface area contributed by atoms with Crippen LogP contribution in [0.5, 0.6) is 5.75 Å². The number of ether oxygens (including phenoxy) is 1. The first kappa shape index (κ1) is 14.7. The molecule has 0 heterocycles. The minimum Gasteiger partial charge on any atom is -0.493 e. The molecule has 0 aromatic heterocycles. The van der Waals surface area contributed by atoms with E-state index in [2.05, 4.69) is 12.1 Å². The highest BCUT2D eigenvalue weighted by Crippen LogP contribution is 2.26. The third-order valence-electron chi connectivity index (χ3n) is 3.57. The number of hydrogen-bond acceptors (Lipinski definition) is 3. The summed E-state index contributed by atoms with van der Waals surface area (Å²) in [5.74, 6) is 0.734. The molecule has 0 radical (unpaired) electrons. The Bertz CT molecular complexity index is 540. The lowest BCUT2D eigenvalue weighted by atomic mass is 10.1. The number of aryl methyl sites for hydroxylation is 2. The van der Waals surface area contributed by atoms with E-state index in [1.165, 1.54) is 17.5 Å². The van der Waals surface area contributed by atoms with Crippen molar-refractivity contribution in [3.05, 3.63) is 29.3 Å². The van der Waals surface area contributed by atoms with Gasteiger partial charge in [0.2, 0.25) is 9.05 Å². The van der Waals surface area contributed by atoms with Gasteiger partial charge in [0, 0.05) is 16.6 Å². The van der Waals surface area contributed by atoms with E-state index in [9.17, 15) is 8.42 Å². The Kier molecular flexibility index (Phi) is 4.74. The molecule has 1 aromatic rings. The van der Waals surface area contributed by atoms with E-state index in [4.69, 9.17) is 15.4 Å². The van der Waals surface area contributed by atoms with Gasteiger partial charge in [-0.15, -0.1) is 0 Å². The molecular formula is C14H19ClO3S. The van der Waals surface area contributed by atoms with Gasteiger partial charge in [-0.05, 0) is 48.9 Å². The van der Waals surface area contributed by atoms with Crippen LogP contribution >= 0.6 is 10.7 Å². The van der Waals surface area contributed by atoms with Gasteiger partial charge < -0.3 is 4.74 Å². The summed E-state index contributed by atoms with van der Waals surface area (Å²) in [5, 5.41) is 0. The molecule has 0 saturated heterocycles. The quantitative estimate of drug-likeness (QED) is 0.758. The van der Waals surface area contributed by atoms with Gasteiger partial charge in [0.1, 0.15) is 5.75 Å². The van der Waals surface area contributed by atoms with Gasteiger partial charge >= 0.3 is 0 Å². The zero-order chi connectivity index (χ0) is 13.9. The Morgan fingerprint density at radius 1 is 1.32 bits per heavy atom. The van der Waals surface area contributed by atoms with Crippen LogP contribution in [0, 0.1) is 5.92 Å². The van der Waals surface area contributed by atoms with Gasteiger partial charge in [-0.3, -0.25) is 0 Å². The van der Waals surface area contributed by atoms with Crippen molar-refractivity contribution in [1.29, 1.82) is 0 Å².